The van der Waals surface area contributed by atoms with E-state index >= 15 is 0 Å². The van der Waals surface area contributed by atoms with E-state index in [0.29, 0.717) is 23.4 Å². The van der Waals surface area contributed by atoms with Crippen molar-refractivity contribution >= 4 is 21.0 Å². The predicted octanol–water partition coefficient (Wildman–Crippen LogP) is 1.07. The van der Waals surface area contributed by atoms with Crippen LogP contribution in [0.15, 0.2) is 44.4 Å². The van der Waals surface area contributed by atoms with Gasteiger partial charge in [-0.25, -0.2) is 17.9 Å². The van der Waals surface area contributed by atoms with Crippen molar-refractivity contribution in [2.75, 3.05) is 19.6 Å². The number of rotatable bonds is 4. The zero-order valence-electron chi connectivity index (χ0n) is 12.0. The molecular weight excluding hydrogens is 304 g/mol. The molecule has 0 aliphatic carbocycles. The molecule has 2 heterocycles. The van der Waals surface area contributed by atoms with Crippen LogP contribution in [-0.2, 0) is 10.0 Å². The Morgan fingerprint density at radius 1 is 1.27 bits per heavy atom. The lowest BCUT2D eigenvalue weighted by Crippen LogP contribution is -2.38. The summed E-state index contributed by atoms with van der Waals surface area (Å²) in [4.78, 5) is 11.3. The third-order valence-corrected chi connectivity index (χ3v) is 5.28. The van der Waals surface area contributed by atoms with E-state index in [9.17, 15) is 13.2 Å². The second-order valence-electron chi connectivity index (χ2n) is 5.52. The largest absolute Gasteiger partial charge is 0.423 e. The highest BCUT2D eigenvalue weighted by Gasteiger charge is 2.19. The first-order valence-corrected chi connectivity index (χ1v) is 8.77. The van der Waals surface area contributed by atoms with E-state index in [0.717, 1.165) is 25.9 Å². The van der Waals surface area contributed by atoms with Crippen LogP contribution in [0, 0.1) is 5.92 Å². The number of benzene rings is 1. The lowest BCUT2D eigenvalue weighted by Gasteiger charge is -2.22. The van der Waals surface area contributed by atoms with Gasteiger partial charge in [-0.15, -0.1) is 0 Å². The van der Waals surface area contributed by atoms with Crippen molar-refractivity contribution in [2.24, 2.45) is 5.92 Å². The highest BCUT2D eigenvalue weighted by Crippen LogP contribution is 2.18. The van der Waals surface area contributed by atoms with Crippen molar-refractivity contribution in [1.29, 1.82) is 0 Å². The summed E-state index contributed by atoms with van der Waals surface area (Å²) in [6.45, 7) is 2.27. The summed E-state index contributed by atoms with van der Waals surface area (Å²) in [5.74, 6) is 0.321. The smallest absolute Gasteiger partial charge is 0.336 e. The first kappa shape index (κ1) is 15.2. The molecule has 118 valence electrons. The van der Waals surface area contributed by atoms with Crippen molar-refractivity contribution in [3.63, 3.8) is 0 Å². The number of hydrogen-bond donors (Lipinski definition) is 2. The van der Waals surface area contributed by atoms with E-state index in [1.54, 1.807) is 6.07 Å². The van der Waals surface area contributed by atoms with E-state index < -0.39 is 15.6 Å². The van der Waals surface area contributed by atoms with E-state index in [1.807, 2.05) is 0 Å². The molecule has 3 rings (SSSR count). The molecule has 2 aromatic rings. The van der Waals surface area contributed by atoms with Gasteiger partial charge in [-0.2, -0.15) is 0 Å². The average molecular weight is 322 g/mol. The zero-order chi connectivity index (χ0) is 15.6. The van der Waals surface area contributed by atoms with E-state index in [2.05, 4.69) is 10.0 Å². The molecule has 1 aliphatic rings. The number of piperidine rings is 1. The minimum Gasteiger partial charge on any atom is -0.423 e. The predicted molar refractivity (Wildman–Crippen MR) is 83.3 cm³/mol. The lowest BCUT2D eigenvalue weighted by molar-refractivity contribution is 0.376. The maximum Gasteiger partial charge on any atom is 0.336 e. The molecule has 0 bridgehead atoms. The van der Waals surface area contributed by atoms with Gasteiger partial charge in [-0.05, 0) is 56.1 Å². The highest BCUT2D eigenvalue weighted by molar-refractivity contribution is 7.89. The van der Waals surface area contributed by atoms with Gasteiger partial charge in [-0.1, -0.05) is 0 Å². The molecule has 0 amide bonds. The Kier molecular flexibility index (Phi) is 4.28. The molecule has 7 heteroatoms. The molecule has 2 N–H and O–H groups in total. The minimum absolute atomic E-state index is 0.178. The Hall–Kier alpha value is -1.70. The van der Waals surface area contributed by atoms with Gasteiger partial charge in [0.1, 0.15) is 5.58 Å². The van der Waals surface area contributed by atoms with Gasteiger partial charge in [0.2, 0.25) is 10.0 Å². The second-order valence-corrected chi connectivity index (χ2v) is 7.29. The van der Waals surface area contributed by atoms with Crippen LogP contribution in [0.1, 0.15) is 12.8 Å². The van der Waals surface area contributed by atoms with Crippen LogP contribution < -0.4 is 15.7 Å². The van der Waals surface area contributed by atoms with Crippen LogP contribution in [0.5, 0.6) is 0 Å². The van der Waals surface area contributed by atoms with Crippen molar-refractivity contribution < 1.29 is 12.8 Å². The summed E-state index contributed by atoms with van der Waals surface area (Å²) >= 11 is 0. The van der Waals surface area contributed by atoms with Crippen LogP contribution in [0.2, 0.25) is 0 Å². The topological polar surface area (TPSA) is 88.4 Å². The Labute approximate surface area is 128 Å². The fourth-order valence-electron chi connectivity index (χ4n) is 2.63. The van der Waals surface area contributed by atoms with Crippen molar-refractivity contribution in [2.45, 2.75) is 17.7 Å². The second kappa shape index (κ2) is 6.20. The molecule has 0 saturated carbocycles. The summed E-state index contributed by atoms with van der Waals surface area (Å²) in [5, 5.41) is 3.85. The number of sulfonamides is 1. The average Bonchev–Trinajstić information content (AvgIpc) is 2.53. The molecule has 1 saturated heterocycles. The molecule has 0 radical (unpaired) electrons. The maximum atomic E-state index is 12.4. The maximum absolute atomic E-state index is 12.4. The minimum atomic E-state index is -3.56. The van der Waals surface area contributed by atoms with Crippen molar-refractivity contribution in [1.82, 2.24) is 10.0 Å². The molecule has 1 aromatic heterocycles. The summed E-state index contributed by atoms with van der Waals surface area (Å²) in [7, 11) is -3.56. The Bertz CT molecular complexity index is 823. The zero-order valence-corrected chi connectivity index (χ0v) is 12.9. The van der Waals surface area contributed by atoms with Crippen LogP contribution in [0.4, 0.5) is 0 Å². The quantitative estimate of drug-likeness (QED) is 0.822. The van der Waals surface area contributed by atoms with Crippen LogP contribution in [0.3, 0.4) is 0 Å². The molecule has 1 aromatic carbocycles. The van der Waals surface area contributed by atoms with Crippen LogP contribution in [-0.4, -0.2) is 28.1 Å². The summed E-state index contributed by atoms with van der Waals surface area (Å²) in [6.07, 6.45) is 2.10. The summed E-state index contributed by atoms with van der Waals surface area (Å²) in [6, 6.07) is 7.31. The fourth-order valence-corrected chi connectivity index (χ4v) is 3.78. The Balaban J connectivity index is 1.79. The lowest BCUT2D eigenvalue weighted by atomic mass is 10.0. The molecule has 0 spiro atoms. The van der Waals surface area contributed by atoms with Gasteiger partial charge < -0.3 is 9.73 Å². The third kappa shape index (κ3) is 3.37. The van der Waals surface area contributed by atoms with E-state index in [-0.39, 0.29) is 4.90 Å². The number of nitrogens with one attached hydrogen (secondary N) is 2. The molecule has 6 nitrogen and oxygen atoms in total. The third-order valence-electron chi connectivity index (χ3n) is 3.86. The van der Waals surface area contributed by atoms with Gasteiger partial charge in [0.15, 0.2) is 0 Å². The van der Waals surface area contributed by atoms with Crippen LogP contribution in [0.25, 0.3) is 11.0 Å². The van der Waals surface area contributed by atoms with Gasteiger partial charge in [0, 0.05) is 18.0 Å². The summed E-state index contributed by atoms with van der Waals surface area (Å²) in [5.41, 5.74) is -0.0750. The first-order valence-electron chi connectivity index (χ1n) is 7.29. The van der Waals surface area contributed by atoms with Gasteiger partial charge >= 0.3 is 5.63 Å². The van der Waals surface area contributed by atoms with E-state index in [1.165, 1.54) is 24.3 Å². The van der Waals surface area contributed by atoms with Gasteiger partial charge in [0.25, 0.3) is 0 Å². The molecule has 1 aliphatic heterocycles. The Morgan fingerprint density at radius 3 is 2.91 bits per heavy atom. The molecule has 1 atom stereocenters. The standard InChI is InChI=1S/C15H18N2O4S/c18-15-6-3-12-8-13(4-5-14(12)21-15)22(19,20)17-10-11-2-1-7-16-9-11/h3-6,8,11,16-17H,1-2,7,9-10H2. The molecule has 22 heavy (non-hydrogen) atoms. The highest BCUT2D eigenvalue weighted by atomic mass is 32.2. The Morgan fingerprint density at radius 2 is 2.14 bits per heavy atom. The van der Waals surface area contributed by atoms with Crippen LogP contribution >= 0.6 is 0 Å². The summed E-state index contributed by atoms with van der Waals surface area (Å²) < 4.78 is 32.4. The fraction of sp³-hybridized carbons (Fsp3) is 0.400. The first-order chi connectivity index (χ1) is 10.5. The number of fused-ring (bicyclic) bond motifs is 1. The van der Waals surface area contributed by atoms with Crippen molar-refractivity contribution in [3.05, 3.63) is 40.8 Å². The van der Waals surface area contributed by atoms with Gasteiger partial charge in [-0.3, -0.25) is 0 Å². The van der Waals surface area contributed by atoms with Gasteiger partial charge in [0.05, 0.1) is 4.90 Å². The monoisotopic (exact) mass is 322 g/mol. The normalized spacial score (nSPS) is 19.4. The molecule has 1 unspecified atom stereocenters. The van der Waals surface area contributed by atoms with Crippen molar-refractivity contribution in [3.8, 4) is 0 Å². The molecular formula is C15H18N2O4S. The number of hydrogen-bond acceptors (Lipinski definition) is 5. The SMILES string of the molecule is O=c1ccc2cc(S(=O)(=O)NCC3CCCNC3)ccc2o1. The van der Waals surface area contributed by atoms with E-state index in [4.69, 9.17) is 4.42 Å². The molecule has 1 fully saturated rings.